The summed E-state index contributed by atoms with van der Waals surface area (Å²) >= 11 is 1.18. The first kappa shape index (κ1) is 22.2. The SMILES string of the molecule is CS(=O)(=O)c1ccc(C(=O)N(Cc2ccco2)c2nc3ccc(S(C)(=O)=O)cc3s2)cc1. The molecule has 0 aliphatic rings. The molecule has 2 aromatic carbocycles. The first-order valence-corrected chi connectivity index (χ1v) is 13.9. The standard InChI is InChI=1S/C21H18N2O6S3/c1-31(25,26)16-7-5-14(6-8-16)20(24)23(13-15-4-3-11-29-15)21-22-18-10-9-17(32(2,27)28)12-19(18)30-21/h3-12H,13H2,1-2H3. The molecule has 2 aromatic heterocycles. The number of aromatic nitrogens is 1. The maximum atomic E-state index is 13.3. The lowest BCUT2D eigenvalue weighted by atomic mass is 10.2. The van der Waals surface area contributed by atoms with Crippen molar-refractivity contribution >= 4 is 52.3 Å². The van der Waals surface area contributed by atoms with E-state index in [0.29, 0.717) is 21.1 Å². The van der Waals surface area contributed by atoms with Gasteiger partial charge < -0.3 is 4.42 Å². The van der Waals surface area contributed by atoms with Crippen LogP contribution in [0.15, 0.2) is 75.1 Å². The first-order chi connectivity index (χ1) is 15.0. The number of carbonyl (C=O) groups is 1. The molecule has 2 heterocycles. The number of nitrogens with zero attached hydrogens (tertiary/aromatic N) is 2. The van der Waals surface area contributed by atoms with Crippen LogP contribution in [-0.4, -0.2) is 40.2 Å². The van der Waals surface area contributed by atoms with Gasteiger partial charge in [-0.2, -0.15) is 0 Å². The second-order valence-electron chi connectivity index (χ2n) is 7.17. The van der Waals surface area contributed by atoms with Crippen LogP contribution in [0.5, 0.6) is 0 Å². The number of rotatable bonds is 6. The number of benzene rings is 2. The van der Waals surface area contributed by atoms with Crippen molar-refractivity contribution in [3.63, 3.8) is 0 Å². The van der Waals surface area contributed by atoms with Crippen molar-refractivity contribution in [3.05, 3.63) is 72.2 Å². The molecular weight excluding hydrogens is 472 g/mol. The highest BCUT2D eigenvalue weighted by atomic mass is 32.2. The molecule has 166 valence electrons. The average molecular weight is 491 g/mol. The maximum Gasteiger partial charge on any atom is 0.260 e. The Labute approximate surface area is 189 Å². The van der Waals surface area contributed by atoms with Gasteiger partial charge in [-0.15, -0.1) is 0 Å². The minimum absolute atomic E-state index is 0.0957. The predicted octanol–water partition coefficient (Wildman–Crippen LogP) is 3.54. The third kappa shape index (κ3) is 4.59. The van der Waals surface area contributed by atoms with E-state index in [9.17, 15) is 21.6 Å². The Hall–Kier alpha value is -3.02. The van der Waals surface area contributed by atoms with Crippen LogP contribution in [-0.2, 0) is 26.2 Å². The maximum absolute atomic E-state index is 13.3. The van der Waals surface area contributed by atoms with Crippen LogP contribution in [0, 0.1) is 0 Å². The number of hydrogen-bond acceptors (Lipinski definition) is 8. The van der Waals surface area contributed by atoms with E-state index in [1.165, 1.54) is 58.9 Å². The highest BCUT2D eigenvalue weighted by Crippen LogP contribution is 2.32. The zero-order valence-electron chi connectivity index (χ0n) is 17.0. The van der Waals surface area contributed by atoms with E-state index in [1.807, 2.05) is 0 Å². The number of hydrogen-bond donors (Lipinski definition) is 0. The fraction of sp³-hybridized carbons (Fsp3) is 0.143. The van der Waals surface area contributed by atoms with E-state index in [0.717, 1.165) is 12.5 Å². The van der Waals surface area contributed by atoms with Gasteiger partial charge in [-0.3, -0.25) is 9.69 Å². The van der Waals surface area contributed by atoms with E-state index < -0.39 is 25.6 Å². The Bertz CT molecular complexity index is 1500. The molecule has 0 spiro atoms. The van der Waals surface area contributed by atoms with E-state index >= 15 is 0 Å². The Balaban J connectivity index is 1.76. The van der Waals surface area contributed by atoms with Crippen molar-refractivity contribution in [3.8, 4) is 0 Å². The molecule has 0 saturated heterocycles. The minimum atomic E-state index is -3.39. The fourth-order valence-electron chi connectivity index (χ4n) is 3.02. The zero-order valence-corrected chi connectivity index (χ0v) is 19.5. The van der Waals surface area contributed by atoms with Gasteiger partial charge in [0.05, 0.1) is 32.8 Å². The van der Waals surface area contributed by atoms with E-state index in [1.54, 1.807) is 18.2 Å². The van der Waals surface area contributed by atoms with Crippen molar-refractivity contribution in [2.75, 3.05) is 17.4 Å². The zero-order chi connectivity index (χ0) is 23.1. The lowest BCUT2D eigenvalue weighted by molar-refractivity contribution is 0.0983. The Morgan fingerprint density at radius 3 is 2.22 bits per heavy atom. The number of anilines is 1. The first-order valence-electron chi connectivity index (χ1n) is 9.27. The summed E-state index contributed by atoms with van der Waals surface area (Å²) in [5.74, 6) is 0.131. The van der Waals surface area contributed by atoms with Crippen LogP contribution in [0.3, 0.4) is 0 Å². The van der Waals surface area contributed by atoms with Gasteiger partial charge in [0.15, 0.2) is 24.8 Å². The van der Waals surface area contributed by atoms with Crippen LogP contribution >= 0.6 is 11.3 Å². The summed E-state index contributed by atoms with van der Waals surface area (Å²) in [5, 5.41) is 0.360. The molecule has 0 unspecified atom stereocenters. The number of sulfone groups is 2. The molecule has 0 saturated carbocycles. The number of thiazole rings is 1. The van der Waals surface area contributed by atoms with Crippen molar-refractivity contribution in [1.29, 1.82) is 0 Å². The molecule has 11 heteroatoms. The van der Waals surface area contributed by atoms with Gasteiger partial charge >= 0.3 is 0 Å². The molecule has 0 N–H and O–H groups in total. The molecule has 0 atom stereocenters. The monoisotopic (exact) mass is 490 g/mol. The summed E-state index contributed by atoms with van der Waals surface area (Å²) in [6.45, 7) is 0.0957. The van der Waals surface area contributed by atoms with Gasteiger partial charge in [-0.05, 0) is 54.6 Å². The molecule has 32 heavy (non-hydrogen) atoms. The summed E-state index contributed by atoms with van der Waals surface area (Å²) in [4.78, 5) is 19.5. The van der Waals surface area contributed by atoms with Gasteiger partial charge in [0.1, 0.15) is 5.76 Å². The average Bonchev–Trinajstić information content (AvgIpc) is 3.39. The minimum Gasteiger partial charge on any atom is -0.467 e. The van der Waals surface area contributed by atoms with E-state index in [2.05, 4.69) is 4.98 Å². The summed E-state index contributed by atoms with van der Waals surface area (Å²) in [5.41, 5.74) is 0.835. The third-order valence-electron chi connectivity index (χ3n) is 4.68. The number of amides is 1. The second-order valence-corrected chi connectivity index (χ2v) is 12.2. The van der Waals surface area contributed by atoms with Gasteiger partial charge in [0, 0.05) is 18.1 Å². The lowest BCUT2D eigenvalue weighted by Gasteiger charge is -2.19. The topological polar surface area (TPSA) is 115 Å². The van der Waals surface area contributed by atoms with Crippen molar-refractivity contribution in [2.45, 2.75) is 16.3 Å². The van der Waals surface area contributed by atoms with Crippen molar-refractivity contribution in [1.82, 2.24) is 4.98 Å². The quantitative estimate of drug-likeness (QED) is 0.406. The summed E-state index contributed by atoms with van der Waals surface area (Å²) < 4.78 is 53.2. The summed E-state index contributed by atoms with van der Waals surface area (Å²) in [6.07, 6.45) is 3.72. The molecular formula is C21H18N2O6S3. The fourth-order valence-corrected chi connectivity index (χ4v) is 5.38. The predicted molar refractivity (Wildman–Crippen MR) is 122 cm³/mol. The molecule has 1 amide bonds. The van der Waals surface area contributed by atoms with Gasteiger partial charge in [-0.1, -0.05) is 11.3 Å². The molecule has 0 fully saturated rings. The number of fused-ring (bicyclic) bond motifs is 1. The highest BCUT2D eigenvalue weighted by molar-refractivity contribution is 7.91. The van der Waals surface area contributed by atoms with E-state index in [-0.39, 0.29) is 21.9 Å². The molecule has 4 aromatic rings. The number of furan rings is 1. The second kappa shape index (κ2) is 8.15. The van der Waals surface area contributed by atoms with Crippen LogP contribution in [0.1, 0.15) is 16.1 Å². The van der Waals surface area contributed by atoms with Gasteiger partial charge in [-0.25, -0.2) is 21.8 Å². The van der Waals surface area contributed by atoms with Crippen LogP contribution < -0.4 is 4.90 Å². The third-order valence-corrected chi connectivity index (χ3v) is 7.96. The summed E-state index contributed by atoms with van der Waals surface area (Å²) in [7, 11) is -6.78. The molecule has 4 rings (SSSR count). The van der Waals surface area contributed by atoms with Gasteiger partial charge in [0.25, 0.3) is 5.91 Å². The number of carbonyl (C=O) groups excluding carboxylic acids is 1. The Kier molecular flexibility index (Phi) is 5.65. The normalized spacial score (nSPS) is 12.2. The van der Waals surface area contributed by atoms with Crippen LogP contribution in [0.25, 0.3) is 10.2 Å². The smallest absolute Gasteiger partial charge is 0.260 e. The molecule has 8 nitrogen and oxygen atoms in total. The van der Waals surface area contributed by atoms with Gasteiger partial charge in [0.2, 0.25) is 0 Å². The Morgan fingerprint density at radius 1 is 0.969 bits per heavy atom. The molecule has 0 radical (unpaired) electrons. The largest absolute Gasteiger partial charge is 0.467 e. The molecule has 0 aliphatic heterocycles. The van der Waals surface area contributed by atoms with Crippen LogP contribution in [0.4, 0.5) is 5.13 Å². The van der Waals surface area contributed by atoms with Crippen molar-refractivity contribution < 1.29 is 26.0 Å². The van der Waals surface area contributed by atoms with E-state index in [4.69, 9.17) is 4.42 Å². The van der Waals surface area contributed by atoms with Crippen LogP contribution in [0.2, 0.25) is 0 Å². The molecule has 0 bridgehead atoms. The summed E-state index contributed by atoms with van der Waals surface area (Å²) in [6, 6.07) is 13.7. The van der Waals surface area contributed by atoms with Crippen molar-refractivity contribution in [2.24, 2.45) is 0 Å². The molecule has 0 aliphatic carbocycles. The Morgan fingerprint density at radius 2 is 1.62 bits per heavy atom. The lowest BCUT2D eigenvalue weighted by Crippen LogP contribution is -2.30. The highest BCUT2D eigenvalue weighted by Gasteiger charge is 2.23.